The summed E-state index contributed by atoms with van der Waals surface area (Å²) in [7, 11) is 0. The average Bonchev–Trinajstić information content (AvgIpc) is 2.48. The fourth-order valence-corrected chi connectivity index (χ4v) is 1.92. The predicted molar refractivity (Wildman–Crippen MR) is 79.9 cm³/mol. The molecule has 6 heteroatoms. The first-order chi connectivity index (χ1) is 10.1. The number of carbonyl (C=O) groups excluding carboxylic acids is 2. The average molecular weight is 351 g/mol. The van der Waals surface area contributed by atoms with Crippen LogP contribution in [0.4, 0.5) is 4.39 Å². The molecule has 0 saturated carbocycles. The molecule has 0 saturated heterocycles. The number of hydrogen-bond acceptors (Lipinski definition) is 2. The van der Waals surface area contributed by atoms with Crippen molar-refractivity contribution in [2.45, 2.75) is 6.42 Å². The lowest BCUT2D eigenvalue weighted by molar-refractivity contribution is -0.121. The lowest BCUT2D eigenvalue weighted by atomic mass is 10.1. The Morgan fingerprint density at radius 1 is 1.00 bits per heavy atom. The topological polar surface area (TPSA) is 58.2 Å². The predicted octanol–water partition coefficient (Wildman–Crippen LogP) is 2.59. The number of carbonyl (C=O) groups is 2. The Morgan fingerprint density at radius 2 is 1.67 bits per heavy atom. The Hall–Kier alpha value is -2.21. The van der Waals surface area contributed by atoms with E-state index < -0.39 is 17.6 Å². The highest BCUT2D eigenvalue weighted by molar-refractivity contribution is 9.10. The summed E-state index contributed by atoms with van der Waals surface area (Å²) in [6.07, 6.45) is -0.146. The maximum absolute atomic E-state index is 13.4. The maximum Gasteiger partial charge on any atom is 0.269 e. The van der Waals surface area contributed by atoms with Crippen molar-refractivity contribution in [2.24, 2.45) is 0 Å². The Morgan fingerprint density at radius 3 is 2.33 bits per heavy atom. The van der Waals surface area contributed by atoms with E-state index in [0.29, 0.717) is 5.56 Å². The van der Waals surface area contributed by atoms with Gasteiger partial charge in [0.05, 0.1) is 6.42 Å². The molecule has 108 valence electrons. The molecule has 0 atom stereocenters. The second-order valence-corrected chi connectivity index (χ2v) is 5.19. The van der Waals surface area contributed by atoms with Crippen molar-refractivity contribution in [3.05, 3.63) is 69.9 Å². The van der Waals surface area contributed by atoms with Crippen LogP contribution in [0.2, 0.25) is 0 Å². The number of hydrazine groups is 1. The summed E-state index contributed by atoms with van der Waals surface area (Å²) >= 11 is 3.26. The van der Waals surface area contributed by atoms with Gasteiger partial charge in [0.2, 0.25) is 5.91 Å². The van der Waals surface area contributed by atoms with Gasteiger partial charge in [-0.2, -0.15) is 0 Å². The lowest BCUT2D eigenvalue weighted by Crippen LogP contribution is -2.42. The minimum absolute atomic E-state index is 0.146. The smallest absolute Gasteiger partial charge is 0.269 e. The maximum atomic E-state index is 13.4. The SMILES string of the molecule is O=C(Cc1ccccc1F)NNC(=O)c1ccc(Br)cc1. The fourth-order valence-electron chi connectivity index (χ4n) is 1.66. The Labute approximate surface area is 129 Å². The van der Waals surface area contributed by atoms with Crippen LogP contribution in [0.25, 0.3) is 0 Å². The molecule has 0 fully saturated rings. The molecule has 21 heavy (non-hydrogen) atoms. The summed E-state index contributed by atoms with van der Waals surface area (Å²) in [5, 5.41) is 0. The Bertz CT molecular complexity index is 659. The lowest BCUT2D eigenvalue weighted by Gasteiger charge is -2.08. The van der Waals surface area contributed by atoms with Crippen molar-refractivity contribution in [1.82, 2.24) is 10.9 Å². The Balaban J connectivity index is 1.88. The second-order valence-electron chi connectivity index (χ2n) is 4.28. The number of hydrogen-bond donors (Lipinski definition) is 2. The van der Waals surface area contributed by atoms with Gasteiger partial charge in [0.1, 0.15) is 5.82 Å². The summed E-state index contributed by atoms with van der Waals surface area (Å²) in [4.78, 5) is 23.4. The molecule has 0 unspecified atom stereocenters. The Kier molecular flexibility index (Phi) is 5.05. The van der Waals surface area contributed by atoms with E-state index in [-0.39, 0.29) is 12.0 Å². The molecule has 4 nitrogen and oxygen atoms in total. The van der Waals surface area contributed by atoms with Crippen molar-refractivity contribution in [1.29, 1.82) is 0 Å². The van der Waals surface area contributed by atoms with E-state index in [1.807, 2.05) is 0 Å². The van der Waals surface area contributed by atoms with E-state index in [2.05, 4.69) is 26.8 Å². The van der Waals surface area contributed by atoms with E-state index in [9.17, 15) is 14.0 Å². The molecule has 0 aliphatic heterocycles. The van der Waals surface area contributed by atoms with Gasteiger partial charge in [-0.1, -0.05) is 34.1 Å². The molecule has 0 aromatic heterocycles. The standard InChI is InChI=1S/C15H12BrFN2O2/c16-12-7-5-10(6-8-12)15(21)19-18-14(20)9-11-3-1-2-4-13(11)17/h1-8H,9H2,(H,18,20)(H,19,21). The summed E-state index contributed by atoms with van der Waals surface area (Å²) in [6.45, 7) is 0. The monoisotopic (exact) mass is 350 g/mol. The summed E-state index contributed by atoms with van der Waals surface area (Å²) in [6, 6.07) is 12.7. The quantitative estimate of drug-likeness (QED) is 0.836. The first-order valence-corrected chi connectivity index (χ1v) is 6.94. The van der Waals surface area contributed by atoms with Crippen LogP contribution in [0, 0.1) is 5.82 Å². The highest BCUT2D eigenvalue weighted by atomic mass is 79.9. The molecule has 0 spiro atoms. The summed E-state index contributed by atoms with van der Waals surface area (Å²) < 4.78 is 14.2. The third kappa shape index (κ3) is 4.39. The number of nitrogens with one attached hydrogen (secondary N) is 2. The molecule has 2 rings (SSSR count). The number of benzene rings is 2. The molecule has 0 bridgehead atoms. The zero-order valence-corrected chi connectivity index (χ0v) is 12.5. The van der Waals surface area contributed by atoms with Crippen LogP contribution in [0.5, 0.6) is 0 Å². The minimum atomic E-state index is -0.495. The largest absolute Gasteiger partial charge is 0.273 e. The van der Waals surface area contributed by atoms with Crippen molar-refractivity contribution < 1.29 is 14.0 Å². The second kappa shape index (κ2) is 6.99. The third-order valence-corrected chi connectivity index (χ3v) is 3.26. The number of halogens is 2. The molecule has 0 aliphatic carbocycles. The zero-order chi connectivity index (χ0) is 15.2. The van der Waals surface area contributed by atoms with Gasteiger partial charge in [-0.15, -0.1) is 0 Å². The first-order valence-electron chi connectivity index (χ1n) is 6.14. The van der Waals surface area contributed by atoms with Crippen LogP contribution < -0.4 is 10.9 Å². The van der Waals surface area contributed by atoms with Crippen LogP contribution in [0.15, 0.2) is 53.0 Å². The molecule has 0 heterocycles. The summed E-state index contributed by atoms with van der Waals surface area (Å²) in [5.74, 6) is -1.39. The van der Waals surface area contributed by atoms with Gasteiger partial charge in [-0.3, -0.25) is 20.4 Å². The molecule has 2 N–H and O–H groups in total. The molecule has 2 aromatic rings. The molecule has 0 aliphatic rings. The van der Waals surface area contributed by atoms with Crippen molar-refractivity contribution in [3.8, 4) is 0 Å². The minimum Gasteiger partial charge on any atom is -0.273 e. The van der Waals surface area contributed by atoms with Crippen LogP contribution >= 0.6 is 15.9 Å². The summed E-state index contributed by atoms with van der Waals surface area (Å²) in [5.41, 5.74) is 5.21. The van der Waals surface area contributed by atoms with Gasteiger partial charge in [-0.05, 0) is 35.9 Å². The van der Waals surface area contributed by atoms with Crippen LogP contribution in [-0.2, 0) is 11.2 Å². The van der Waals surface area contributed by atoms with Crippen molar-refractivity contribution >= 4 is 27.7 Å². The van der Waals surface area contributed by atoms with Crippen molar-refractivity contribution in [3.63, 3.8) is 0 Å². The van der Waals surface area contributed by atoms with Gasteiger partial charge in [0.15, 0.2) is 0 Å². The van der Waals surface area contributed by atoms with Gasteiger partial charge in [-0.25, -0.2) is 4.39 Å². The van der Waals surface area contributed by atoms with Gasteiger partial charge >= 0.3 is 0 Å². The fraction of sp³-hybridized carbons (Fsp3) is 0.0667. The van der Waals surface area contributed by atoms with Gasteiger partial charge in [0, 0.05) is 10.0 Å². The molecule has 2 amide bonds. The normalized spacial score (nSPS) is 10.0. The molecule has 2 aromatic carbocycles. The molecular weight excluding hydrogens is 339 g/mol. The number of rotatable bonds is 3. The van der Waals surface area contributed by atoms with Crippen LogP contribution in [-0.4, -0.2) is 11.8 Å². The molecule has 0 radical (unpaired) electrons. The van der Waals surface area contributed by atoms with Gasteiger partial charge in [0.25, 0.3) is 5.91 Å². The van der Waals surface area contributed by atoms with E-state index in [0.717, 1.165) is 4.47 Å². The first kappa shape index (κ1) is 15.2. The van der Waals surface area contributed by atoms with Gasteiger partial charge < -0.3 is 0 Å². The molecular formula is C15H12BrFN2O2. The van der Waals surface area contributed by atoms with Crippen LogP contribution in [0.1, 0.15) is 15.9 Å². The van der Waals surface area contributed by atoms with E-state index >= 15 is 0 Å². The van der Waals surface area contributed by atoms with E-state index in [1.165, 1.54) is 12.1 Å². The van der Waals surface area contributed by atoms with E-state index in [4.69, 9.17) is 0 Å². The van der Waals surface area contributed by atoms with Crippen LogP contribution in [0.3, 0.4) is 0 Å². The third-order valence-electron chi connectivity index (χ3n) is 2.73. The van der Waals surface area contributed by atoms with Crippen molar-refractivity contribution in [2.75, 3.05) is 0 Å². The number of amides is 2. The van der Waals surface area contributed by atoms with E-state index in [1.54, 1.807) is 36.4 Å². The highest BCUT2D eigenvalue weighted by Crippen LogP contribution is 2.10. The highest BCUT2D eigenvalue weighted by Gasteiger charge is 2.09. The zero-order valence-electron chi connectivity index (χ0n) is 10.9.